The molecule has 0 unspecified atom stereocenters. The summed E-state index contributed by atoms with van der Waals surface area (Å²) >= 11 is 0. The number of nitrogens with zero attached hydrogens (tertiary/aromatic N) is 2. The Labute approximate surface area is 87.1 Å². The number of piperidine rings is 1. The van der Waals surface area contributed by atoms with Gasteiger partial charge in [-0.2, -0.15) is 15.4 Å². The quantitative estimate of drug-likeness (QED) is 0.642. The Morgan fingerprint density at radius 1 is 1.53 bits per heavy atom. The molecule has 0 bridgehead atoms. The van der Waals surface area contributed by atoms with Crippen molar-refractivity contribution < 1.29 is 9.90 Å². The van der Waals surface area contributed by atoms with E-state index in [-0.39, 0.29) is 0 Å². The molecule has 0 saturated carbocycles. The van der Waals surface area contributed by atoms with Gasteiger partial charge in [0.25, 0.3) is 0 Å². The lowest BCUT2D eigenvalue weighted by atomic mass is 9.75. The molecule has 2 rings (SSSR count). The monoisotopic (exact) mass is 210 g/mol. The topological polar surface area (TPSA) is 90.9 Å². The molecule has 6 nitrogen and oxygen atoms in total. The largest absolute Gasteiger partial charge is 0.481 e. The van der Waals surface area contributed by atoms with E-state index in [9.17, 15) is 9.90 Å². The van der Waals surface area contributed by atoms with Crippen LogP contribution in [0.15, 0.2) is 6.20 Å². The van der Waals surface area contributed by atoms with Gasteiger partial charge in [0.05, 0.1) is 17.3 Å². The van der Waals surface area contributed by atoms with Gasteiger partial charge in [0.15, 0.2) is 0 Å². The summed E-state index contributed by atoms with van der Waals surface area (Å²) in [5, 5.41) is 22.6. The van der Waals surface area contributed by atoms with Crippen molar-refractivity contribution >= 4 is 5.97 Å². The van der Waals surface area contributed by atoms with E-state index in [2.05, 4.69) is 20.7 Å². The number of hydrogen-bond acceptors (Lipinski definition) is 4. The van der Waals surface area contributed by atoms with Gasteiger partial charge in [0, 0.05) is 6.42 Å². The first-order valence-corrected chi connectivity index (χ1v) is 5.02. The second kappa shape index (κ2) is 3.98. The van der Waals surface area contributed by atoms with Crippen molar-refractivity contribution in [1.29, 1.82) is 0 Å². The van der Waals surface area contributed by atoms with Gasteiger partial charge in [-0.15, -0.1) is 0 Å². The zero-order chi connectivity index (χ0) is 10.7. The smallest absolute Gasteiger partial charge is 0.310 e. The SMILES string of the molecule is O=C(O)C1(Cc2cn[nH]n2)CCNCC1. The number of carboxylic acids is 1. The lowest BCUT2D eigenvalue weighted by molar-refractivity contribution is -0.150. The first-order valence-electron chi connectivity index (χ1n) is 5.02. The van der Waals surface area contributed by atoms with Crippen LogP contribution in [0.1, 0.15) is 18.5 Å². The van der Waals surface area contributed by atoms with Crippen LogP contribution in [0.5, 0.6) is 0 Å². The predicted octanol–water partition coefficient (Wildman–Crippen LogP) is -0.198. The van der Waals surface area contributed by atoms with E-state index in [0.717, 1.165) is 18.8 Å². The summed E-state index contributed by atoms with van der Waals surface area (Å²) in [5.41, 5.74) is 0.0570. The first kappa shape index (κ1) is 10.1. The fourth-order valence-electron chi connectivity index (χ4n) is 2.03. The zero-order valence-electron chi connectivity index (χ0n) is 8.36. The van der Waals surface area contributed by atoms with E-state index in [1.807, 2.05) is 0 Å². The average molecular weight is 210 g/mol. The number of nitrogens with one attached hydrogen (secondary N) is 2. The van der Waals surface area contributed by atoms with Crippen molar-refractivity contribution in [3.8, 4) is 0 Å². The van der Waals surface area contributed by atoms with Gasteiger partial charge in [-0.3, -0.25) is 4.79 Å². The van der Waals surface area contributed by atoms with Gasteiger partial charge < -0.3 is 10.4 Å². The lowest BCUT2D eigenvalue weighted by Crippen LogP contribution is -2.43. The van der Waals surface area contributed by atoms with Crippen molar-refractivity contribution in [3.05, 3.63) is 11.9 Å². The molecule has 0 radical (unpaired) electrons. The Morgan fingerprint density at radius 2 is 2.27 bits per heavy atom. The van der Waals surface area contributed by atoms with E-state index < -0.39 is 11.4 Å². The molecule has 0 aliphatic carbocycles. The molecule has 15 heavy (non-hydrogen) atoms. The summed E-state index contributed by atoms with van der Waals surface area (Å²) in [6.07, 6.45) is 3.34. The minimum atomic E-state index is -0.730. The first-order chi connectivity index (χ1) is 7.23. The Morgan fingerprint density at radius 3 is 2.80 bits per heavy atom. The van der Waals surface area contributed by atoms with Crippen LogP contribution in [0.25, 0.3) is 0 Å². The van der Waals surface area contributed by atoms with Gasteiger partial charge in [0.2, 0.25) is 0 Å². The highest BCUT2D eigenvalue weighted by molar-refractivity contribution is 5.75. The number of carbonyl (C=O) groups is 1. The van der Waals surface area contributed by atoms with Crippen LogP contribution in [0.3, 0.4) is 0 Å². The summed E-state index contributed by atoms with van der Waals surface area (Å²) in [5.74, 6) is -0.730. The Kier molecular flexibility index (Phi) is 2.68. The molecule has 1 aromatic heterocycles. The van der Waals surface area contributed by atoms with Crippen LogP contribution < -0.4 is 5.32 Å². The molecular formula is C9H14N4O2. The summed E-state index contributed by atoms with van der Waals surface area (Å²) in [6, 6.07) is 0. The van der Waals surface area contributed by atoms with Crippen LogP contribution in [0.2, 0.25) is 0 Å². The van der Waals surface area contributed by atoms with Gasteiger partial charge in [-0.05, 0) is 25.9 Å². The highest BCUT2D eigenvalue weighted by Crippen LogP contribution is 2.32. The zero-order valence-corrected chi connectivity index (χ0v) is 8.36. The molecule has 0 aromatic carbocycles. The standard InChI is InChI=1S/C9H14N4O2/c14-8(15)9(1-3-10-4-2-9)5-7-6-11-13-12-7/h6,10H,1-5H2,(H,14,15)(H,11,12,13). The van der Waals surface area contributed by atoms with Gasteiger partial charge >= 0.3 is 5.97 Å². The van der Waals surface area contributed by atoms with E-state index in [1.54, 1.807) is 6.20 Å². The van der Waals surface area contributed by atoms with Crippen molar-refractivity contribution in [1.82, 2.24) is 20.7 Å². The minimum absolute atomic E-state index is 0.459. The molecule has 2 heterocycles. The van der Waals surface area contributed by atoms with E-state index >= 15 is 0 Å². The molecule has 1 aliphatic heterocycles. The average Bonchev–Trinajstić information content (AvgIpc) is 2.71. The molecule has 1 saturated heterocycles. The Balaban J connectivity index is 2.15. The van der Waals surface area contributed by atoms with Crippen LogP contribution in [0, 0.1) is 5.41 Å². The summed E-state index contributed by atoms with van der Waals surface area (Å²) in [4.78, 5) is 11.3. The molecule has 1 fully saturated rings. The lowest BCUT2D eigenvalue weighted by Gasteiger charge is -2.32. The van der Waals surface area contributed by atoms with Crippen LogP contribution in [-0.2, 0) is 11.2 Å². The van der Waals surface area contributed by atoms with Crippen molar-refractivity contribution in [2.45, 2.75) is 19.3 Å². The van der Waals surface area contributed by atoms with Crippen LogP contribution >= 0.6 is 0 Å². The van der Waals surface area contributed by atoms with Crippen molar-refractivity contribution in [3.63, 3.8) is 0 Å². The number of aromatic nitrogens is 3. The molecule has 0 spiro atoms. The molecule has 82 valence electrons. The van der Waals surface area contributed by atoms with Gasteiger partial charge in [-0.1, -0.05) is 0 Å². The second-order valence-electron chi connectivity index (χ2n) is 3.97. The molecule has 1 aromatic rings. The van der Waals surface area contributed by atoms with E-state index in [4.69, 9.17) is 0 Å². The fraction of sp³-hybridized carbons (Fsp3) is 0.667. The fourth-order valence-corrected chi connectivity index (χ4v) is 2.03. The van der Waals surface area contributed by atoms with Gasteiger partial charge in [0.1, 0.15) is 0 Å². The van der Waals surface area contributed by atoms with E-state index in [0.29, 0.717) is 19.3 Å². The Bertz CT molecular complexity index is 330. The molecule has 6 heteroatoms. The molecule has 0 amide bonds. The van der Waals surface area contributed by atoms with Crippen LogP contribution in [-0.4, -0.2) is 39.6 Å². The van der Waals surface area contributed by atoms with Crippen molar-refractivity contribution in [2.24, 2.45) is 5.41 Å². The highest BCUT2D eigenvalue weighted by Gasteiger charge is 2.40. The number of rotatable bonds is 3. The van der Waals surface area contributed by atoms with Gasteiger partial charge in [-0.25, -0.2) is 0 Å². The normalized spacial score (nSPS) is 20.0. The predicted molar refractivity (Wildman–Crippen MR) is 52.3 cm³/mol. The van der Waals surface area contributed by atoms with E-state index in [1.165, 1.54) is 0 Å². The molecule has 1 aliphatic rings. The summed E-state index contributed by atoms with van der Waals surface area (Å²) < 4.78 is 0. The molecule has 0 atom stereocenters. The highest BCUT2D eigenvalue weighted by atomic mass is 16.4. The Hall–Kier alpha value is -1.43. The number of hydrogen-bond donors (Lipinski definition) is 3. The summed E-state index contributed by atoms with van der Waals surface area (Å²) in [7, 11) is 0. The van der Waals surface area contributed by atoms with Crippen molar-refractivity contribution in [2.75, 3.05) is 13.1 Å². The summed E-state index contributed by atoms with van der Waals surface area (Å²) in [6.45, 7) is 1.51. The second-order valence-corrected chi connectivity index (χ2v) is 3.97. The third-order valence-corrected chi connectivity index (χ3v) is 3.00. The minimum Gasteiger partial charge on any atom is -0.481 e. The third kappa shape index (κ3) is 1.99. The maximum Gasteiger partial charge on any atom is 0.310 e. The molecular weight excluding hydrogens is 196 g/mol. The molecule has 3 N–H and O–H groups in total. The number of aromatic amines is 1. The maximum atomic E-state index is 11.3. The number of H-pyrrole nitrogens is 1. The maximum absolute atomic E-state index is 11.3. The number of carboxylic acid groups (broad SMARTS) is 1. The number of aliphatic carboxylic acids is 1. The van der Waals surface area contributed by atoms with Crippen LogP contribution in [0.4, 0.5) is 0 Å². The third-order valence-electron chi connectivity index (χ3n) is 3.00.